The van der Waals surface area contributed by atoms with Crippen LogP contribution in [0.15, 0.2) is 29.3 Å². The van der Waals surface area contributed by atoms with Crippen LogP contribution in [0.1, 0.15) is 38.7 Å². The summed E-state index contributed by atoms with van der Waals surface area (Å²) in [5.41, 5.74) is 1.85. The van der Waals surface area contributed by atoms with Crippen LogP contribution in [0.3, 0.4) is 0 Å². The third-order valence-corrected chi connectivity index (χ3v) is 4.61. The molecule has 1 aromatic rings. The fourth-order valence-electron chi connectivity index (χ4n) is 2.94. The summed E-state index contributed by atoms with van der Waals surface area (Å²) in [5.74, 6) is 1.52. The van der Waals surface area contributed by atoms with Crippen LogP contribution in [-0.2, 0) is 16.1 Å². The van der Waals surface area contributed by atoms with Crippen LogP contribution in [-0.4, -0.2) is 37.2 Å². The molecule has 144 valence electrons. The van der Waals surface area contributed by atoms with Crippen molar-refractivity contribution in [3.8, 4) is 0 Å². The second-order valence-corrected chi connectivity index (χ2v) is 6.85. The third-order valence-electron chi connectivity index (χ3n) is 4.61. The van der Waals surface area contributed by atoms with Crippen molar-refractivity contribution in [1.82, 2.24) is 10.6 Å². The number of aliphatic imine (C=N–C) groups is 1. The Hall–Kier alpha value is -1.35. The molecule has 0 radical (unpaired) electrons. The van der Waals surface area contributed by atoms with Crippen LogP contribution in [0.2, 0.25) is 0 Å². The number of benzene rings is 1. The first kappa shape index (κ1) is 21.0. The Morgan fingerprint density at radius 3 is 2.85 bits per heavy atom. The summed E-state index contributed by atoms with van der Waals surface area (Å²) in [6, 6.07) is 8.37. The average Bonchev–Trinajstić information content (AvgIpc) is 3.07. The van der Waals surface area contributed by atoms with Crippen molar-refractivity contribution in [2.75, 3.05) is 18.5 Å². The Bertz CT molecular complexity index is 632. The molecule has 1 saturated carbocycles. The molecule has 26 heavy (non-hydrogen) atoms. The zero-order chi connectivity index (χ0) is 17.6. The quantitative estimate of drug-likeness (QED) is 0.338. The van der Waals surface area contributed by atoms with Gasteiger partial charge in [-0.15, -0.1) is 24.0 Å². The van der Waals surface area contributed by atoms with Gasteiger partial charge in [-0.1, -0.05) is 19.1 Å². The monoisotopic (exact) mass is 472 g/mol. The van der Waals surface area contributed by atoms with Gasteiger partial charge in [0.25, 0.3) is 5.91 Å². The molecule has 3 atom stereocenters. The fraction of sp³-hybridized carbons (Fsp3) is 0.579. The number of carbonyl (C=O) groups excluding carboxylic acids is 1. The SMILES string of the molecule is CCNC(=NCc1cccc(NC(=O)C2CCCO2)c1)NC1CC1C.I. The first-order valence-corrected chi connectivity index (χ1v) is 9.22. The van der Waals surface area contributed by atoms with E-state index in [9.17, 15) is 4.79 Å². The lowest BCUT2D eigenvalue weighted by molar-refractivity contribution is -0.124. The van der Waals surface area contributed by atoms with Crippen LogP contribution in [0.25, 0.3) is 0 Å². The molecule has 6 nitrogen and oxygen atoms in total. The Labute approximate surface area is 172 Å². The molecule has 2 aliphatic rings. The molecule has 1 aliphatic heterocycles. The first-order valence-electron chi connectivity index (χ1n) is 9.22. The van der Waals surface area contributed by atoms with E-state index in [4.69, 9.17) is 4.74 Å². The van der Waals surface area contributed by atoms with Crippen LogP contribution in [0, 0.1) is 5.92 Å². The van der Waals surface area contributed by atoms with E-state index in [0.29, 0.717) is 19.2 Å². The number of ether oxygens (including phenoxy) is 1. The number of amides is 1. The van der Waals surface area contributed by atoms with Crippen molar-refractivity contribution in [1.29, 1.82) is 0 Å². The normalized spacial score (nSPS) is 24.5. The second-order valence-electron chi connectivity index (χ2n) is 6.85. The summed E-state index contributed by atoms with van der Waals surface area (Å²) < 4.78 is 5.42. The molecule has 1 heterocycles. The average molecular weight is 472 g/mol. The summed E-state index contributed by atoms with van der Waals surface area (Å²) in [5, 5.41) is 9.67. The molecule has 1 saturated heterocycles. The predicted octanol–water partition coefficient (Wildman–Crippen LogP) is 2.89. The molecule has 3 rings (SSSR count). The lowest BCUT2D eigenvalue weighted by Crippen LogP contribution is -2.39. The van der Waals surface area contributed by atoms with Gasteiger partial charge >= 0.3 is 0 Å². The largest absolute Gasteiger partial charge is 0.368 e. The lowest BCUT2D eigenvalue weighted by Gasteiger charge is -2.12. The smallest absolute Gasteiger partial charge is 0.253 e. The van der Waals surface area contributed by atoms with Crippen LogP contribution in [0.5, 0.6) is 0 Å². The van der Waals surface area contributed by atoms with E-state index in [1.165, 1.54) is 6.42 Å². The van der Waals surface area contributed by atoms with E-state index in [1.54, 1.807) is 0 Å². The van der Waals surface area contributed by atoms with E-state index >= 15 is 0 Å². The molecule has 0 spiro atoms. The van der Waals surface area contributed by atoms with Gasteiger partial charge in [0.1, 0.15) is 6.10 Å². The lowest BCUT2D eigenvalue weighted by atomic mass is 10.2. The molecule has 0 aromatic heterocycles. The first-order chi connectivity index (χ1) is 12.2. The van der Waals surface area contributed by atoms with Crippen molar-refractivity contribution >= 4 is 41.5 Å². The van der Waals surface area contributed by atoms with E-state index in [0.717, 1.165) is 42.5 Å². The highest BCUT2D eigenvalue weighted by Crippen LogP contribution is 2.28. The van der Waals surface area contributed by atoms with Crippen LogP contribution >= 0.6 is 24.0 Å². The zero-order valence-electron chi connectivity index (χ0n) is 15.5. The maximum atomic E-state index is 12.2. The molecule has 1 amide bonds. The van der Waals surface area contributed by atoms with Crippen molar-refractivity contribution < 1.29 is 9.53 Å². The van der Waals surface area contributed by atoms with Crippen LogP contribution in [0.4, 0.5) is 5.69 Å². The van der Waals surface area contributed by atoms with E-state index in [-0.39, 0.29) is 36.0 Å². The van der Waals surface area contributed by atoms with Crippen molar-refractivity contribution in [3.05, 3.63) is 29.8 Å². The molecular formula is C19H29IN4O2. The molecular weight excluding hydrogens is 443 g/mol. The van der Waals surface area contributed by atoms with E-state index in [2.05, 4.69) is 34.8 Å². The highest BCUT2D eigenvalue weighted by molar-refractivity contribution is 14.0. The summed E-state index contributed by atoms with van der Waals surface area (Å²) in [4.78, 5) is 16.8. The number of carbonyl (C=O) groups is 1. The Morgan fingerprint density at radius 1 is 1.38 bits per heavy atom. The van der Waals surface area contributed by atoms with Crippen molar-refractivity contribution in [3.63, 3.8) is 0 Å². The standard InChI is InChI=1S/C19H28N4O2.HI/c1-3-20-19(23-16-10-13(16)2)21-12-14-6-4-7-15(11-14)22-18(24)17-8-5-9-25-17;/h4,6-7,11,13,16-17H,3,5,8-10,12H2,1-2H3,(H,22,24)(H2,20,21,23);1H. The van der Waals surface area contributed by atoms with Crippen LogP contribution < -0.4 is 16.0 Å². The maximum Gasteiger partial charge on any atom is 0.253 e. The van der Waals surface area contributed by atoms with Crippen molar-refractivity contribution in [2.45, 2.75) is 51.8 Å². The Balaban J connectivity index is 0.00000243. The summed E-state index contributed by atoms with van der Waals surface area (Å²) in [6.07, 6.45) is 2.64. The molecule has 2 fully saturated rings. The van der Waals surface area contributed by atoms with Gasteiger partial charge in [-0.2, -0.15) is 0 Å². The number of rotatable bonds is 6. The molecule has 0 bridgehead atoms. The second kappa shape index (κ2) is 10.1. The van der Waals surface area contributed by atoms with Gasteiger partial charge in [0, 0.05) is 24.9 Å². The molecule has 3 unspecified atom stereocenters. The van der Waals surface area contributed by atoms with Gasteiger partial charge < -0.3 is 20.7 Å². The Morgan fingerprint density at radius 2 is 2.19 bits per heavy atom. The van der Waals surface area contributed by atoms with Gasteiger partial charge in [-0.25, -0.2) is 4.99 Å². The predicted molar refractivity (Wildman–Crippen MR) is 115 cm³/mol. The number of nitrogens with zero attached hydrogens (tertiary/aromatic N) is 1. The number of guanidine groups is 1. The number of hydrogen-bond donors (Lipinski definition) is 3. The number of anilines is 1. The fourth-order valence-corrected chi connectivity index (χ4v) is 2.94. The van der Waals surface area contributed by atoms with Gasteiger partial charge in [-0.3, -0.25) is 4.79 Å². The zero-order valence-corrected chi connectivity index (χ0v) is 17.8. The Kier molecular flexibility index (Phi) is 8.15. The maximum absolute atomic E-state index is 12.2. The number of nitrogens with one attached hydrogen (secondary N) is 3. The molecule has 7 heteroatoms. The van der Waals surface area contributed by atoms with Crippen molar-refractivity contribution in [2.24, 2.45) is 10.9 Å². The van der Waals surface area contributed by atoms with Gasteiger partial charge in [-0.05, 0) is 49.8 Å². The van der Waals surface area contributed by atoms with Gasteiger partial charge in [0.15, 0.2) is 5.96 Å². The highest BCUT2D eigenvalue weighted by atomic mass is 127. The number of hydrogen-bond acceptors (Lipinski definition) is 3. The third kappa shape index (κ3) is 6.12. The summed E-state index contributed by atoms with van der Waals surface area (Å²) in [6.45, 7) is 6.38. The summed E-state index contributed by atoms with van der Waals surface area (Å²) >= 11 is 0. The van der Waals surface area contributed by atoms with Gasteiger partial charge in [0.2, 0.25) is 0 Å². The number of halogens is 1. The minimum Gasteiger partial charge on any atom is -0.368 e. The van der Waals surface area contributed by atoms with E-state index < -0.39 is 0 Å². The van der Waals surface area contributed by atoms with E-state index in [1.807, 2.05) is 24.3 Å². The molecule has 1 aliphatic carbocycles. The molecule has 1 aromatic carbocycles. The minimum absolute atomic E-state index is 0. The van der Waals surface area contributed by atoms with Gasteiger partial charge in [0.05, 0.1) is 6.54 Å². The highest BCUT2D eigenvalue weighted by Gasteiger charge is 2.33. The topological polar surface area (TPSA) is 74.8 Å². The summed E-state index contributed by atoms with van der Waals surface area (Å²) in [7, 11) is 0. The molecule has 3 N–H and O–H groups in total. The minimum atomic E-state index is -0.313.